The van der Waals surface area contributed by atoms with E-state index >= 15 is 0 Å². The minimum atomic E-state index is -0.465. The summed E-state index contributed by atoms with van der Waals surface area (Å²) in [5, 5.41) is 16.4. The molecule has 0 radical (unpaired) electrons. The van der Waals surface area contributed by atoms with Gasteiger partial charge >= 0.3 is 0 Å². The van der Waals surface area contributed by atoms with Crippen LogP contribution in [-0.2, 0) is 13.1 Å². The van der Waals surface area contributed by atoms with Gasteiger partial charge in [0.15, 0.2) is 0 Å². The molecule has 7 heteroatoms. The maximum absolute atomic E-state index is 12.9. The number of benzene rings is 1. The van der Waals surface area contributed by atoms with Crippen LogP contribution in [0.15, 0.2) is 35.6 Å². The van der Waals surface area contributed by atoms with Crippen LogP contribution in [0.1, 0.15) is 30.0 Å². The standard InChI is InChI=1S/C17H19FN4O2/c1-10(20-9-12-3-5-13(18)6-4-12)14-15(23)17(24)22-8-7-19-11(2)16(22)21-14/h3-6,11,19-20,23H,1,7-9H2,2H3. The molecule has 0 fully saturated rings. The van der Waals surface area contributed by atoms with Crippen LogP contribution in [0.2, 0.25) is 0 Å². The monoisotopic (exact) mass is 330 g/mol. The molecule has 1 aromatic heterocycles. The van der Waals surface area contributed by atoms with Gasteiger partial charge in [-0.25, -0.2) is 9.37 Å². The Morgan fingerprint density at radius 3 is 2.92 bits per heavy atom. The second-order valence-corrected chi connectivity index (χ2v) is 5.76. The Labute approximate surface area is 138 Å². The summed E-state index contributed by atoms with van der Waals surface area (Å²) < 4.78 is 14.4. The van der Waals surface area contributed by atoms with Crippen molar-refractivity contribution in [3.05, 3.63) is 64.1 Å². The first-order chi connectivity index (χ1) is 11.5. The lowest BCUT2D eigenvalue weighted by Crippen LogP contribution is -2.40. The molecule has 0 spiro atoms. The number of nitrogens with zero attached hydrogens (tertiary/aromatic N) is 2. The highest BCUT2D eigenvalue weighted by Gasteiger charge is 2.23. The zero-order valence-corrected chi connectivity index (χ0v) is 13.3. The second kappa shape index (κ2) is 6.45. The Morgan fingerprint density at radius 2 is 2.21 bits per heavy atom. The van der Waals surface area contributed by atoms with Crippen molar-refractivity contribution in [3.8, 4) is 5.75 Å². The summed E-state index contributed by atoms with van der Waals surface area (Å²) in [6, 6.07) is 5.95. The van der Waals surface area contributed by atoms with Crippen molar-refractivity contribution in [2.75, 3.05) is 6.54 Å². The summed E-state index contributed by atoms with van der Waals surface area (Å²) in [5.41, 5.74) is 0.869. The first-order valence-electron chi connectivity index (χ1n) is 7.72. The molecule has 0 saturated carbocycles. The van der Waals surface area contributed by atoms with Gasteiger partial charge in [0.2, 0.25) is 5.75 Å². The Morgan fingerprint density at radius 1 is 1.50 bits per heavy atom. The van der Waals surface area contributed by atoms with Gasteiger partial charge in [-0.2, -0.15) is 0 Å². The number of hydrogen-bond donors (Lipinski definition) is 3. The minimum Gasteiger partial charge on any atom is -0.501 e. The van der Waals surface area contributed by atoms with Crippen LogP contribution in [0.25, 0.3) is 5.70 Å². The molecule has 24 heavy (non-hydrogen) atoms. The molecular formula is C17H19FN4O2. The number of aromatic nitrogens is 2. The van der Waals surface area contributed by atoms with E-state index in [1.807, 2.05) is 6.92 Å². The van der Waals surface area contributed by atoms with Crippen molar-refractivity contribution < 1.29 is 9.50 Å². The average molecular weight is 330 g/mol. The van der Waals surface area contributed by atoms with Crippen LogP contribution in [0.4, 0.5) is 4.39 Å². The van der Waals surface area contributed by atoms with E-state index in [9.17, 15) is 14.3 Å². The Bertz CT molecular complexity index is 830. The number of fused-ring (bicyclic) bond motifs is 1. The summed E-state index contributed by atoms with van der Waals surface area (Å²) >= 11 is 0. The van der Waals surface area contributed by atoms with Gasteiger partial charge in [0, 0.05) is 19.6 Å². The Kier molecular flexibility index (Phi) is 4.35. The van der Waals surface area contributed by atoms with E-state index in [2.05, 4.69) is 22.2 Å². The van der Waals surface area contributed by atoms with Gasteiger partial charge in [0.1, 0.15) is 17.3 Å². The molecule has 126 valence electrons. The third-order valence-electron chi connectivity index (χ3n) is 4.05. The normalized spacial score (nSPS) is 16.5. The van der Waals surface area contributed by atoms with Crippen molar-refractivity contribution >= 4 is 5.70 Å². The fraction of sp³-hybridized carbons (Fsp3) is 0.294. The lowest BCUT2D eigenvalue weighted by Gasteiger charge is -2.25. The third-order valence-corrected chi connectivity index (χ3v) is 4.05. The minimum absolute atomic E-state index is 0.0873. The summed E-state index contributed by atoms with van der Waals surface area (Å²) in [6.45, 7) is 7.27. The van der Waals surface area contributed by atoms with E-state index in [-0.39, 0.29) is 17.6 Å². The first-order valence-corrected chi connectivity index (χ1v) is 7.72. The topological polar surface area (TPSA) is 79.2 Å². The summed E-state index contributed by atoms with van der Waals surface area (Å²) in [6.07, 6.45) is 0. The van der Waals surface area contributed by atoms with Gasteiger partial charge in [-0.1, -0.05) is 18.7 Å². The Hall–Kier alpha value is -2.67. The number of halogens is 1. The van der Waals surface area contributed by atoms with E-state index in [0.717, 1.165) is 5.56 Å². The van der Waals surface area contributed by atoms with E-state index in [1.165, 1.54) is 16.7 Å². The van der Waals surface area contributed by atoms with Crippen molar-refractivity contribution in [1.82, 2.24) is 20.2 Å². The van der Waals surface area contributed by atoms with Gasteiger partial charge in [0.05, 0.1) is 11.7 Å². The summed E-state index contributed by atoms with van der Waals surface area (Å²) in [4.78, 5) is 16.7. The van der Waals surface area contributed by atoms with Crippen LogP contribution < -0.4 is 16.2 Å². The zero-order valence-electron chi connectivity index (χ0n) is 13.3. The predicted molar refractivity (Wildman–Crippen MR) is 88.9 cm³/mol. The molecule has 0 bridgehead atoms. The smallest absolute Gasteiger partial charge is 0.296 e. The SMILES string of the molecule is C=C(NCc1ccc(F)cc1)c1nc2n(c(=O)c1O)CCNC2C. The lowest BCUT2D eigenvalue weighted by molar-refractivity contribution is 0.392. The molecule has 0 aliphatic carbocycles. The molecule has 1 atom stereocenters. The molecule has 3 rings (SSSR count). The van der Waals surface area contributed by atoms with Crippen LogP contribution in [0.5, 0.6) is 5.75 Å². The maximum Gasteiger partial charge on any atom is 0.296 e. The molecule has 0 amide bonds. The molecule has 6 nitrogen and oxygen atoms in total. The fourth-order valence-electron chi connectivity index (χ4n) is 2.70. The highest BCUT2D eigenvalue weighted by atomic mass is 19.1. The number of rotatable bonds is 4. The van der Waals surface area contributed by atoms with Crippen LogP contribution in [0.3, 0.4) is 0 Å². The van der Waals surface area contributed by atoms with Gasteiger partial charge in [0.25, 0.3) is 5.56 Å². The fourth-order valence-corrected chi connectivity index (χ4v) is 2.70. The van der Waals surface area contributed by atoms with E-state index in [1.54, 1.807) is 12.1 Å². The molecule has 2 aromatic rings. The number of nitrogens with one attached hydrogen (secondary N) is 2. The molecule has 1 unspecified atom stereocenters. The molecule has 1 aliphatic rings. The highest BCUT2D eigenvalue weighted by Crippen LogP contribution is 2.21. The molecular weight excluding hydrogens is 311 g/mol. The maximum atomic E-state index is 12.9. The largest absolute Gasteiger partial charge is 0.501 e. The van der Waals surface area contributed by atoms with Crippen molar-refractivity contribution in [2.24, 2.45) is 0 Å². The van der Waals surface area contributed by atoms with E-state index in [0.29, 0.717) is 31.2 Å². The van der Waals surface area contributed by atoms with Crippen molar-refractivity contribution in [2.45, 2.75) is 26.1 Å². The van der Waals surface area contributed by atoms with Crippen molar-refractivity contribution in [1.29, 1.82) is 0 Å². The van der Waals surface area contributed by atoms with Gasteiger partial charge < -0.3 is 15.7 Å². The van der Waals surface area contributed by atoms with Crippen LogP contribution >= 0.6 is 0 Å². The number of hydrogen-bond acceptors (Lipinski definition) is 5. The van der Waals surface area contributed by atoms with Crippen LogP contribution in [-0.4, -0.2) is 21.2 Å². The predicted octanol–water partition coefficient (Wildman–Crippen LogP) is 1.51. The number of aromatic hydroxyl groups is 1. The summed E-state index contributed by atoms with van der Waals surface area (Å²) in [5.74, 6) is -0.144. The van der Waals surface area contributed by atoms with Gasteiger partial charge in [-0.05, 0) is 24.6 Å². The highest BCUT2D eigenvalue weighted by molar-refractivity contribution is 5.63. The molecule has 1 aliphatic heterocycles. The van der Waals surface area contributed by atoms with E-state index < -0.39 is 11.3 Å². The van der Waals surface area contributed by atoms with Crippen molar-refractivity contribution in [3.63, 3.8) is 0 Å². The molecule has 3 N–H and O–H groups in total. The van der Waals surface area contributed by atoms with Gasteiger partial charge in [-0.3, -0.25) is 9.36 Å². The molecule has 2 heterocycles. The Balaban J connectivity index is 1.84. The van der Waals surface area contributed by atoms with Crippen LogP contribution in [0, 0.1) is 5.82 Å². The average Bonchev–Trinajstić information content (AvgIpc) is 2.58. The summed E-state index contributed by atoms with van der Waals surface area (Å²) in [7, 11) is 0. The second-order valence-electron chi connectivity index (χ2n) is 5.76. The molecule has 1 aromatic carbocycles. The van der Waals surface area contributed by atoms with Gasteiger partial charge in [-0.15, -0.1) is 0 Å². The third kappa shape index (κ3) is 3.03. The van der Waals surface area contributed by atoms with E-state index in [4.69, 9.17) is 0 Å². The molecule has 0 saturated heterocycles. The first kappa shape index (κ1) is 16.2. The quantitative estimate of drug-likeness (QED) is 0.792. The zero-order chi connectivity index (χ0) is 17.3. The lowest BCUT2D eigenvalue weighted by atomic mass is 10.2.